The van der Waals surface area contributed by atoms with Crippen molar-refractivity contribution in [1.29, 1.82) is 0 Å². The van der Waals surface area contributed by atoms with E-state index in [1.807, 2.05) is 19.0 Å². The predicted octanol–water partition coefficient (Wildman–Crippen LogP) is 0.574. The van der Waals surface area contributed by atoms with Crippen molar-refractivity contribution in [1.82, 2.24) is 10.2 Å². The first-order chi connectivity index (χ1) is 8.47. The van der Waals surface area contributed by atoms with E-state index < -0.39 is 5.09 Å². The van der Waals surface area contributed by atoms with E-state index in [-0.39, 0.29) is 18.1 Å². The molecule has 0 aliphatic heterocycles. The molecule has 7 heteroatoms. The van der Waals surface area contributed by atoms with Gasteiger partial charge < -0.3 is 15.1 Å². The second-order valence-electron chi connectivity index (χ2n) is 4.92. The summed E-state index contributed by atoms with van der Waals surface area (Å²) in [5.41, 5.74) is 0. The van der Waals surface area contributed by atoms with Gasteiger partial charge in [0.2, 0.25) is 5.91 Å². The maximum absolute atomic E-state index is 11.6. The maximum Gasteiger partial charge on any atom is 0.294 e. The average Bonchev–Trinajstić information content (AvgIpc) is 2.28. The summed E-state index contributed by atoms with van der Waals surface area (Å²) in [4.78, 5) is 28.3. The lowest BCUT2D eigenvalue weighted by Crippen LogP contribution is -2.40. The standard InChI is InChI=1S/C11H21N3O4/c1-13(2)8-7-11(15)12-9-3-5-10(6-4-9)18-14(16)17/h9-10H,3-8H2,1-2H3,(H,12,15)/t9-,10+. The summed E-state index contributed by atoms with van der Waals surface area (Å²) in [6.45, 7) is 0.728. The average molecular weight is 259 g/mol. The van der Waals surface area contributed by atoms with Crippen molar-refractivity contribution >= 4 is 5.91 Å². The monoisotopic (exact) mass is 259 g/mol. The number of hydrogen-bond acceptors (Lipinski definition) is 5. The normalized spacial score (nSPS) is 23.7. The van der Waals surface area contributed by atoms with Crippen LogP contribution >= 0.6 is 0 Å². The Kier molecular flexibility index (Phi) is 5.84. The summed E-state index contributed by atoms with van der Waals surface area (Å²) in [5.74, 6) is 0.0438. The highest BCUT2D eigenvalue weighted by Crippen LogP contribution is 2.21. The van der Waals surface area contributed by atoms with Crippen molar-refractivity contribution in [3.8, 4) is 0 Å². The minimum atomic E-state index is -0.735. The molecule has 1 aliphatic carbocycles. The summed E-state index contributed by atoms with van der Waals surface area (Å²) >= 11 is 0. The highest BCUT2D eigenvalue weighted by atomic mass is 17.0. The van der Waals surface area contributed by atoms with E-state index in [0.717, 1.165) is 19.4 Å². The van der Waals surface area contributed by atoms with E-state index in [2.05, 4.69) is 10.2 Å². The molecule has 18 heavy (non-hydrogen) atoms. The number of rotatable bonds is 6. The van der Waals surface area contributed by atoms with Crippen molar-refractivity contribution < 1.29 is 14.7 Å². The lowest BCUT2D eigenvalue weighted by molar-refractivity contribution is -0.769. The largest absolute Gasteiger partial charge is 0.353 e. The Balaban J connectivity index is 2.18. The molecule has 0 aromatic heterocycles. The van der Waals surface area contributed by atoms with Gasteiger partial charge in [-0.3, -0.25) is 4.79 Å². The molecular formula is C11H21N3O4. The van der Waals surface area contributed by atoms with Gasteiger partial charge in [0.1, 0.15) is 6.10 Å². The number of amides is 1. The van der Waals surface area contributed by atoms with Crippen molar-refractivity contribution in [2.75, 3.05) is 20.6 Å². The lowest BCUT2D eigenvalue weighted by Gasteiger charge is -2.27. The van der Waals surface area contributed by atoms with Gasteiger partial charge in [0.05, 0.1) is 0 Å². The molecule has 0 spiro atoms. The van der Waals surface area contributed by atoms with Gasteiger partial charge in [0, 0.05) is 19.0 Å². The zero-order chi connectivity index (χ0) is 13.5. The highest BCUT2D eigenvalue weighted by molar-refractivity contribution is 5.76. The van der Waals surface area contributed by atoms with Crippen LogP contribution in [0.1, 0.15) is 32.1 Å². The third-order valence-electron chi connectivity index (χ3n) is 3.06. The Labute approximate surface area is 107 Å². The van der Waals surface area contributed by atoms with Crippen LogP contribution in [0.3, 0.4) is 0 Å². The summed E-state index contributed by atoms with van der Waals surface area (Å²) < 4.78 is 0. The summed E-state index contributed by atoms with van der Waals surface area (Å²) in [6, 6.07) is 0.131. The zero-order valence-corrected chi connectivity index (χ0v) is 10.9. The van der Waals surface area contributed by atoms with Gasteiger partial charge in [-0.1, -0.05) is 0 Å². The zero-order valence-electron chi connectivity index (χ0n) is 10.9. The molecule has 7 nitrogen and oxygen atoms in total. The number of carbonyl (C=O) groups is 1. The second kappa shape index (κ2) is 7.15. The van der Waals surface area contributed by atoms with Gasteiger partial charge in [-0.05, 0) is 39.8 Å². The second-order valence-corrected chi connectivity index (χ2v) is 4.92. The first-order valence-corrected chi connectivity index (χ1v) is 6.22. The molecule has 0 radical (unpaired) electrons. The number of hydrogen-bond donors (Lipinski definition) is 1. The summed E-state index contributed by atoms with van der Waals surface area (Å²) in [6.07, 6.45) is 2.91. The van der Waals surface area contributed by atoms with Gasteiger partial charge in [-0.25, -0.2) is 0 Å². The molecule has 1 saturated carbocycles. The first-order valence-electron chi connectivity index (χ1n) is 6.22. The van der Waals surface area contributed by atoms with E-state index in [4.69, 9.17) is 0 Å². The molecule has 0 bridgehead atoms. The van der Waals surface area contributed by atoms with E-state index in [1.165, 1.54) is 0 Å². The van der Waals surface area contributed by atoms with E-state index in [0.29, 0.717) is 19.3 Å². The molecule has 1 aliphatic rings. The minimum absolute atomic E-state index is 0.0438. The molecule has 0 unspecified atom stereocenters. The molecule has 0 saturated heterocycles. The third kappa shape index (κ3) is 5.81. The molecule has 104 valence electrons. The minimum Gasteiger partial charge on any atom is -0.353 e. The Hall–Kier alpha value is -1.37. The molecule has 0 aromatic rings. The van der Waals surface area contributed by atoms with Crippen LogP contribution in [0.5, 0.6) is 0 Å². The first kappa shape index (κ1) is 14.7. The van der Waals surface area contributed by atoms with Crippen LogP contribution in [-0.4, -0.2) is 48.7 Å². The fourth-order valence-electron chi connectivity index (χ4n) is 2.06. The molecule has 1 rings (SSSR count). The fraction of sp³-hybridized carbons (Fsp3) is 0.909. The molecular weight excluding hydrogens is 238 g/mol. The quantitative estimate of drug-likeness (QED) is 0.557. The summed E-state index contributed by atoms with van der Waals surface area (Å²) in [7, 11) is 3.85. The van der Waals surface area contributed by atoms with Crippen LogP contribution in [0.25, 0.3) is 0 Å². The van der Waals surface area contributed by atoms with E-state index in [1.54, 1.807) is 0 Å². The SMILES string of the molecule is CN(C)CCC(=O)N[C@H]1CC[C@@H](O[N+](=O)[O-])CC1. The van der Waals surface area contributed by atoms with Gasteiger partial charge in [-0.15, -0.1) is 10.1 Å². The van der Waals surface area contributed by atoms with E-state index in [9.17, 15) is 14.9 Å². The van der Waals surface area contributed by atoms with Gasteiger partial charge in [-0.2, -0.15) is 0 Å². The Bertz CT molecular complexity index is 288. The van der Waals surface area contributed by atoms with Crippen molar-refractivity contribution in [3.63, 3.8) is 0 Å². The van der Waals surface area contributed by atoms with Crippen LogP contribution in [0.2, 0.25) is 0 Å². The Morgan fingerprint density at radius 3 is 2.50 bits per heavy atom. The van der Waals surface area contributed by atoms with Crippen molar-refractivity contribution in [2.24, 2.45) is 0 Å². The maximum atomic E-state index is 11.6. The molecule has 1 amide bonds. The number of carbonyl (C=O) groups excluding carboxylic acids is 1. The van der Waals surface area contributed by atoms with Gasteiger partial charge in [0.25, 0.3) is 5.09 Å². The Morgan fingerprint density at radius 2 is 2.00 bits per heavy atom. The molecule has 1 N–H and O–H groups in total. The van der Waals surface area contributed by atoms with Gasteiger partial charge >= 0.3 is 0 Å². The van der Waals surface area contributed by atoms with Crippen molar-refractivity contribution in [2.45, 2.75) is 44.2 Å². The predicted molar refractivity (Wildman–Crippen MR) is 65.4 cm³/mol. The highest BCUT2D eigenvalue weighted by Gasteiger charge is 2.24. The topological polar surface area (TPSA) is 84.7 Å². The third-order valence-corrected chi connectivity index (χ3v) is 3.06. The van der Waals surface area contributed by atoms with Crippen LogP contribution < -0.4 is 5.32 Å². The Morgan fingerprint density at radius 1 is 1.39 bits per heavy atom. The fourth-order valence-corrected chi connectivity index (χ4v) is 2.06. The van der Waals surface area contributed by atoms with Crippen LogP contribution in [0.15, 0.2) is 0 Å². The van der Waals surface area contributed by atoms with E-state index >= 15 is 0 Å². The van der Waals surface area contributed by atoms with Crippen LogP contribution in [0, 0.1) is 10.1 Å². The van der Waals surface area contributed by atoms with Crippen LogP contribution in [0.4, 0.5) is 0 Å². The number of nitrogens with one attached hydrogen (secondary N) is 1. The molecule has 1 fully saturated rings. The lowest BCUT2D eigenvalue weighted by atomic mass is 9.93. The van der Waals surface area contributed by atoms with Gasteiger partial charge in [0.15, 0.2) is 0 Å². The molecule has 0 atom stereocenters. The molecule has 0 aromatic carbocycles. The number of nitrogens with zero attached hydrogens (tertiary/aromatic N) is 2. The summed E-state index contributed by atoms with van der Waals surface area (Å²) in [5, 5.41) is 12.4. The van der Waals surface area contributed by atoms with Crippen molar-refractivity contribution in [3.05, 3.63) is 10.1 Å². The molecule has 0 heterocycles. The van der Waals surface area contributed by atoms with Crippen LogP contribution in [-0.2, 0) is 9.63 Å². The smallest absolute Gasteiger partial charge is 0.294 e.